The maximum absolute atomic E-state index is 12.4. The van der Waals surface area contributed by atoms with Crippen molar-refractivity contribution in [3.05, 3.63) is 34.3 Å². The number of likely N-dealkylation sites (tertiary alicyclic amines) is 1. The van der Waals surface area contributed by atoms with Crippen LogP contribution in [0.15, 0.2) is 18.2 Å². The van der Waals surface area contributed by atoms with E-state index < -0.39 is 0 Å². The Morgan fingerprint density at radius 1 is 1.37 bits per heavy atom. The molecule has 0 N–H and O–H groups in total. The molecule has 104 valence electrons. The van der Waals surface area contributed by atoms with Crippen molar-refractivity contribution in [1.82, 2.24) is 4.90 Å². The van der Waals surface area contributed by atoms with Gasteiger partial charge in [-0.05, 0) is 50.3 Å². The van der Waals surface area contributed by atoms with Gasteiger partial charge < -0.3 is 4.90 Å². The van der Waals surface area contributed by atoms with Gasteiger partial charge in [0.25, 0.3) is 5.91 Å². The maximum atomic E-state index is 12.4. The number of hydrogen-bond donors (Lipinski definition) is 0. The highest BCUT2D eigenvalue weighted by atomic mass is 35.5. The number of carbonyl (C=O) groups is 1. The standard InChI is InChI=1S/C15H19Cl2NO/c1-10-3-4-13(14(17)9-10)15(19)18-7-5-12(6-8-18)11(2)16/h3-4,9,11-12H,5-8H2,1-2H3. The van der Waals surface area contributed by atoms with Gasteiger partial charge in [0.15, 0.2) is 0 Å². The summed E-state index contributed by atoms with van der Waals surface area (Å²) in [6, 6.07) is 5.57. The number of alkyl halides is 1. The average molecular weight is 300 g/mol. The molecule has 0 aliphatic carbocycles. The van der Waals surface area contributed by atoms with E-state index in [2.05, 4.69) is 0 Å². The van der Waals surface area contributed by atoms with E-state index in [1.54, 1.807) is 0 Å². The van der Waals surface area contributed by atoms with Gasteiger partial charge in [-0.3, -0.25) is 4.79 Å². The smallest absolute Gasteiger partial charge is 0.255 e. The van der Waals surface area contributed by atoms with E-state index in [0.29, 0.717) is 16.5 Å². The van der Waals surface area contributed by atoms with Gasteiger partial charge in [0.1, 0.15) is 0 Å². The highest BCUT2D eigenvalue weighted by Gasteiger charge is 2.26. The Labute approximate surface area is 124 Å². The summed E-state index contributed by atoms with van der Waals surface area (Å²) in [4.78, 5) is 14.3. The molecule has 2 rings (SSSR count). The van der Waals surface area contributed by atoms with Crippen molar-refractivity contribution < 1.29 is 4.79 Å². The molecule has 1 aliphatic rings. The summed E-state index contributed by atoms with van der Waals surface area (Å²) in [5.41, 5.74) is 1.67. The molecule has 1 aromatic rings. The molecular weight excluding hydrogens is 281 g/mol. The van der Waals surface area contributed by atoms with E-state index in [0.717, 1.165) is 31.5 Å². The van der Waals surface area contributed by atoms with Gasteiger partial charge in [0.2, 0.25) is 0 Å². The quantitative estimate of drug-likeness (QED) is 0.752. The molecule has 19 heavy (non-hydrogen) atoms. The van der Waals surface area contributed by atoms with E-state index in [4.69, 9.17) is 23.2 Å². The Balaban J connectivity index is 2.05. The molecule has 1 heterocycles. The highest BCUT2D eigenvalue weighted by molar-refractivity contribution is 6.33. The molecule has 0 spiro atoms. The number of carbonyl (C=O) groups excluding carboxylic acids is 1. The number of halogens is 2. The van der Waals surface area contributed by atoms with E-state index in [1.165, 1.54) is 0 Å². The first kappa shape index (κ1) is 14.7. The molecular formula is C15H19Cl2NO. The molecule has 0 saturated carbocycles. The van der Waals surface area contributed by atoms with Crippen LogP contribution in [0.2, 0.25) is 5.02 Å². The van der Waals surface area contributed by atoms with Crippen molar-refractivity contribution in [2.24, 2.45) is 5.92 Å². The number of amides is 1. The Bertz CT molecular complexity index is 465. The monoisotopic (exact) mass is 299 g/mol. The number of hydrogen-bond acceptors (Lipinski definition) is 1. The molecule has 1 unspecified atom stereocenters. The molecule has 1 atom stereocenters. The maximum Gasteiger partial charge on any atom is 0.255 e. The van der Waals surface area contributed by atoms with Crippen molar-refractivity contribution in [2.45, 2.75) is 32.1 Å². The zero-order valence-corrected chi connectivity index (χ0v) is 12.8. The fourth-order valence-corrected chi connectivity index (χ4v) is 3.09. The molecule has 0 aromatic heterocycles. The summed E-state index contributed by atoms with van der Waals surface area (Å²) in [5, 5.41) is 0.720. The summed E-state index contributed by atoms with van der Waals surface area (Å²) in [6.07, 6.45) is 1.94. The second-order valence-electron chi connectivity index (χ2n) is 5.29. The first-order valence-corrected chi connectivity index (χ1v) is 7.50. The molecule has 2 nitrogen and oxygen atoms in total. The molecule has 0 radical (unpaired) electrons. The number of nitrogens with zero attached hydrogens (tertiary/aromatic N) is 1. The van der Waals surface area contributed by atoms with Gasteiger partial charge in [-0.15, -0.1) is 11.6 Å². The number of piperidine rings is 1. The predicted molar refractivity (Wildman–Crippen MR) is 80.1 cm³/mol. The van der Waals surface area contributed by atoms with Crippen LogP contribution >= 0.6 is 23.2 Å². The van der Waals surface area contributed by atoms with Gasteiger partial charge >= 0.3 is 0 Å². The van der Waals surface area contributed by atoms with Gasteiger partial charge in [0, 0.05) is 18.5 Å². The fraction of sp³-hybridized carbons (Fsp3) is 0.533. The zero-order valence-electron chi connectivity index (χ0n) is 11.3. The summed E-state index contributed by atoms with van der Waals surface area (Å²) in [6.45, 7) is 5.53. The minimum absolute atomic E-state index is 0.0330. The van der Waals surface area contributed by atoms with Crippen LogP contribution in [0.3, 0.4) is 0 Å². The fourth-order valence-electron chi connectivity index (χ4n) is 2.53. The number of aryl methyl sites for hydroxylation is 1. The zero-order chi connectivity index (χ0) is 14.0. The van der Waals surface area contributed by atoms with Crippen LogP contribution in [-0.2, 0) is 0 Å². The summed E-state index contributed by atoms with van der Waals surface area (Å²) in [5.74, 6) is 0.546. The first-order chi connectivity index (χ1) is 8.99. The second kappa shape index (κ2) is 6.15. The lowest BCUT2D eigenvalue weighted by molar-refractivity contribution is 0.0690. The summed E-state index contributed by atoms with van der Waals surface area (Å²) < 4.78 is 0. The van der Waals surface area contributed by atoms with Crippen LogP contribution in [0.25, 0.3) is 0 Å². The van der Waals surface area contributed by atoms with Crippen molar-refractivity contribution in [3.8, 4) is 0 Å². The van der Waals surface area contributed by atoms with E-state index in [-0.39, 0.29) is 11.3 Å². The normalized spacial score (nSPS) is 18.4. The minimum atomic E-state index is 0.0330. The topological polar surface area (TPSA) is 20.3 Å². The van der Waals surface area contributed by atoms with Gasteiger partial charge in [-0.1, -0.05) is 17.7 Å². The number of benzene rings is 1. The molecule has 4 heteroatoms. The van der Waals surface area contributed by atoms with Gasteiger partial charge in [0.05, 0.1) is 10.6 Å². The third kappa shape index (κ3) is 3.43. The third-order valence-electron chi connectivity index (χ3n) is 3.83. The molecule has 1 aliphatic heterocycles. The van der Waals surface area contributed by atoms with Gasteiger partial charge in [-0.2, -0.15) is 0 Å². The Morgan fingerprint density at radius 3 is 2.53 bits per heavy atom. The summed E-state index contributed by atoms with van der Waals surface area (Å²) in [7, 11) is 0. The lowest BCUT2D eigenvalue weighted by Crippen LogP contribution is -2.40. The second-order valence-corrected chi connectivity index (χ2v) is 6.39. The predicted octanol–water partition coefficient (Wildman–Crippen LogP) is 4.13. The van der Waals surface area contributed by atoms with E-state index in [9.17, 15) is 4.79 Å². The summed E-state index contributed by atoms with van der Waals surface area (Å²) >= 11 is 12.3. The van der Waals surface area contributed by atoms with Crippen molar-refractivity contribution in [3.63, 3.8) is 0 Å². The van der Waals surface area contributed by atoms with Crippen LogP contribution in [0.5, 0.6) is 0 Å². The van der Waals surface area contributed by atoms with Crippen LogP contribution < -0.4 is 0 Å². The highest BCUT2D eigenvalue weighted by Crippen LogP contribution is 2.26. The Kier molecular flexibility index (Phi) is 4.75. The van der Waals surface area contributed by atoms with E-state index >= 15 is 0 Å². The van der Waals surface area contributed by atoms with Crippen molar-refractivity contribution in [1.29, 1.82) is 0 Å². The largest absolute Gasteiger partial charge is 0.339 e. The lowest BCUT2D eigenvalue weighted by Gasteiger charge is -2.33. The molecule has 0 bridgehead atoms. The molecule has 1 aromatic carbocycles. The number of rotatable bonds is 2. The SMILES string of the molecule is Cc1ccc(C(=O)N2CCC(C(C)Cl)CC2)c(Cl)c1. The minimum Gasteiger partial charge on any atom is -0.339 e. The lowest BCUT2D eigenvalue weighted by atomic mass is 9.93. The Hall–Kier alpha value is -0.730. The Morgan fingerprint density at radius 2 is 2.00 bits per heavy atom. The van der Waals surface area contributed by atoms with Crippen LogP contribution in [0, 0.1) is 12.8 Å². The molecule has 1 amide bonds. The van der Waals surface area contributed by atoms with Crippen LogP contribution in [-0.4, -0.2) is 29.3 Å². The van der Waals surface area contributed by atoms with Crippen molar-refractivity contribution in [2.75, 3.05) is 13.1 Å². The molecule has 1 fully saturated rings. The third-order valence-corrected chi connectivity index (χ3v) is 4.50. The molecule has 1 saturated heterocycles. The average Bonchev–Trinajstić information content (AvgIpc) is 2.38. The van der Waals surface area contributed by atoms with Crippen LogP contribution in [0.1, 0.15) is 35.7 Å². The van der Waals surface area contributed by atoms with E-state index in [1.807, 2.05) is 36.9 Å². The first-order valence-electron chi connectivity index (χ1n) is 6.68. The van der Waals surface area contributed by atoms with Gasteiger partial charge in [-0.25, -0.2) is 0 Å². The van der Waals surface area contributed by atoms with Crippen molar-refractivity contribution >= 4 is 29.1 Å². The van der Waals surface area contributed by atoms with Crippen LogP contribution in [0.4, 0.5) is 0 Å².